The molecule has 1 rings (SSSR count). The van der Waals surface area contributed by atoms with Gasteiger partial charge in [0.2, 0.25) is 0 Å². The van der Waals surface area contributed by atoms with Gasteiger partial charge in [0.1, 0.15) is 5.56 Å². The van der Waals surface area contributed by atoms with Gasteiger partial charge in [0.15, 0.2) is 5.75 Å². The van der Waals surface area contributed by atoms with E-state index in [1.54, 1.807) is 4.89 Å². The SMILES string of the molecule is O=C(ONS(=O)O)c1ccccc1ONS(=O)O. The molecular weight excluding hydrogens is 288 g/mol. The van der Waals surface area contributed by atoms with Gasteiger partial charge in [-0.15, -0.1) is 0 Å². The summed E-state index contributed by atoms with van der Waals surface area (Å²) < 4.78 is 37.4. The minimum Gasteiger partial charge on any atom is -0.393 e. The van der Waals surface area contributed by atoms with Crippen LogP contribution in [0.1, 0.15) is 10.4 Å². The van der Waals surface area contributed by atoms with Crippen LogP contribution in [0.2, 0.25) is 0 Å². The normalized spacial score (nSPS) is 13.7. The van der Waals surface area contributed by atoms with Gasteiger partial charge >= 0.3 is 5.97 Å². The zero-order valence-electron chi connectivity index (χ0n) is 8.56. The molecule has 0 bridgehead atoms. The lowest BCUT2D eigenvalue weighted by atomic mass is 10.2. The molecule has 1 aromatic carbocycles. The van der Waals surface area contributed by atoms with Crippen LogP contribution in [0, 0.1) is 0 Å². The van der Waals surface area contributed by atoms with Crippen molar-refractivity contribution in [2.24, 2.45) is 0 Å². The lowest BCUT2D eigenvalue weighted by molar-refractivity contribution is 0.0399. The fourth-order valence-electron chi connectivity index (χ4n) is 0.933. The van der Waals surface area contributed by atoms with E-state index in [-0.39, 0.29) is 11.3 Å². The second kappa shape index (κ2) is 7.15. The molecule has 4 N–H and O–H groups in total. The molecule has 11 heteroatoms. The summed E-state index contributed by atoms with van der Waals surface area (Å²) in [6, 6.07) is 5.61. The first-order chi connectivity index (χ1) is 8.50. The molecule has 0 aliphatic heterocycles. The van der Waals surface area contributed by atoms with Crippen LogP contribution in [0.4, 0.5) is 0 Å². The fraction of sp³-hybridized carbons (Fsp3) is 0. The van der Waals surface area contributed by atoms with Crippen molar-refractivity contribution in [2.45, 2.75) is 0 Å². The summed E-state index contributed by atoms with van der Waals surface area (Å²) in [6.45, 7) is 0. The molecule has 0 aromatic heterocycles. The molecule has 0 saturated heterocycles. The standard InChI is InChI=1S/C7H8N2O7S2/c10-7(16-9-18(13)14)5-3-1-2-4-6(5)15-8-17(11)12/h1-4,8-9H,(H,11,12)(H,13,14). The molecule has 1 aromatic rings. The third kappa shape index (κ3) is 4.87. The van der Waals surface area contributed by atoms with E-state index in [1.165, 1.54) is 29.2 Å². The summed E-state index contributed by atoms with van der Waals surface area (Å²) in [5, 5.41) is 0. The van der Waals surface area contributed by atoms with Crippen molar-refractivity contribution in [2.75, 3.05) is 0 Å². The average molecular weight is 296 g/mol. The maximum absolute atomic E-state index is 11.4. The third-order valence-corrected chi connectivity index (χ3v) is 1.99. The highest BCUT2D eigenvalue weighted by molar-refractivity contribution is 7.77. The minimum atomic E-state index is -2.52. The van der Waals surface area contributed by atoms with Crippen molar-refractivity contribution in [1.29, 1.82) is 0 Å². The van der Waals surface area contributed by atoms with Crippen LogP contribution in [0.25, 0.3) is 0 Å². The maximum atomic E-state index is 11.4. The smallest absolute Gasteiger partial charge is 0.361 e. The Morgan fingerprint density at radius 2 is 1.72 bits per heavy atom. The summed E-state index contributed by atoms with van der Waals surface area (Å²) in [6.07, 6.45) is 0. The Kier molecular flexibility index (Phi) is 5.84. The van der Waals surface area contributed by atoms with Gasteiger partial charge in [-0.1, -0.05) is 12.1 Å². The predicted molar refractivity (Wildman–Crippen MR) is 60.3 cm³/mol. The first-order valence-corrected chi connectivity index (χ1v) is 6.42. The molecule has 2 unspecified atom stereocenters. The molecule has 2 atom stereocenters. The van der Waals surface area contributed by atoms with E-state index in [1.807, 2.05) is 0 Å². The minimum absolute atomic E-state index is 0.0876. The molecule has 0 radical (unpaired) electrons. The number of nitrogens with one attached hydrogen (secondary N) is 2. The van der Waals surface area contributed by atoms with E-state index in [0.717, 1.165) is 0 Å². The number of hydrogen-bond donors (Lipinski definition) is 4. The van der Waals surface area contributed by atoms with Crippen LogP contribution < -0.4 is 14.6 Å². The number of para-hydroxylation sites is 1. The lowest BCUT2D eigenvalue weighted by Crippen LogP contribution is -2.24. The summed E-state index contributed by atoms with van der Waals surface area (Å²) in [5.41, 5.74) is -0.117. The maximum Gasteiger partial charge on any atom is 0.361 e. The summed E-state index contributed by atoms with van der Waals surface area (Å²) in [5.74, 6) is -1.09. The van der Waals surface area contributed by atoms with Crippen molar-refractivity contribution < 1.29 is 32.0 Å². The molecule has 9 nitrogen and oxygen atoms in total. The lowest BCUT2D eigenvalue weighted by Gasteiger charge is -2.08. The quantitative estimate of drug-likeness (QED) is 0.411. The van der Waals surface area contributed by atoms with Gasteiger partial charge in [0.05, 0.1) is 0 Å². The van der Waals surface area contributed by atoms with E-state index in [0.29, 0.717) is 0 Å². The molecule has 0 fully saturated rings. The molecular formula is C7H8N2O7S2. The van der Waals surface area contributed by atoms with E-state index < -0.39 is 28.5 Å². The molecule has 0 aliphatic rings. The highest BCUT2D eigenvalue weighted by Crippen LogP contribution is 2.17. The van der Waals surface area contributed by atoms with Gasteiger partial charge in [0.25, 0.3) is 22.5 Å². The van der Waals surface area contributed by atoms with Crippen LogP contribution in [-0.2, 0) is 27.4 Å². The Bertz CT molecular complexity index is 481. The molecule has 18 heavy (non-hydrogen) atoms. The van der Waals surface area contributed by atoms with Crippen molar-refractivity contribution in [3.05, 3.63) is 29.8 Å². The van der Waals surface area contributed by atoms with E-state index in [2.05, 4.69) is 9.68 Å². The average Bonchev–Trinajstić information content (AvgIpc) is 2.33. The number of carbonyl (C=O) groups excluding carboxylic acids is 1. The zero-order valence-corrected chi connectivity index (χ0v) is 10.2. The van der Waals surface area contributed by atoms with E-state index in [9.17, 15) is 13.2 Å². The Morgan fingerprint density at radius 3 is 2.33 bits per heavy atom. The number of carbonyl (C=O) groups is 1. The Labute approximate surface area is 106 Å². The molecule has 0 amide bonds. The topological polar surface area (TPSA) is 134 Å². The fourth-order valence-corrected chi connectivity index (χ4v) is 1.24. The van der Waals surface area contributed by atoms with E-state index in [4.69, 9.17) is 9.11 Å². The van der Waals surface area contributed by atoms with E-state index >= 15 is 0 Å². The van der Waals surface area contributed by atoms with Crippen molar-refractivity contribution in [3.63, 3.8) is 0 Å². The van der Waals surface area contributed by atoms with Crippen molar-refractivity contribution in [3.8, 4) is 5.75 Å². The van der Waals surface area contributed by atoms with Gasteiger partial charge in [-0.2, -0.15) is 0 Å². The number of benzene rings is 1. The second-order valence-corrected chi connectivity index (χ2v) is 3.98. The monoisotopic (exact) mass is 296 g/mol. The molecule has 100 valence electrons. The Morgan fingerprint density at radius 1 is 1.11 bits per heavy atom. The summed E-state index contributed by atoms with van der Waals surface area (Å²) in [7, 11) is 0. The van der Waals surface area contributed by atoms with Crippen LogP contribution >= 0.6 is 0 Å². The number of rotatable bonds is 6. The van der Waals surface area contributed by atoms with Gasteiger partial charge < -0.3 is 9.68 Å². The van der Waals surface area contributed by atoms with Crippen LogP contribution in [-0.4, -0.2) is 23.5 Å². The number of hydrogen-bond acceptors (Lipinski definition) is 5. The van der Waals surface area contributed by atoms with Crippen LogP contribution in [0.15, 0.2) is 24.3 Å². The Balaban J connectivity index is 2.77. The van der Waals surface area contributed by atoms with Gasteiger partial charge in [-0.05, 0) is 21.9 Å². The van der Waals surface area contributed by atoms with Crippen molar-refractivity contribution >= 4 is 28.5 Å². The molecule has 0 heterocycles. The molecule has 0 spiro atoms. The second-order valence-electron chi connectivity index (χ2n) is 2.65. The summed E-state index contributed by atoms with van der Waals surface area (Å²) in [4.78, 5) is 23.6. The van der Waals surface area contributed by atoms with Gasteiger partial charge in [-0.3, -0.25) is 9.11 Å². The first kappa shape index (κ1) is 14.7. The largest absolute Gasteiger partial charge is 0.393 e. The van der Waals surface area contributed by atoms with Crippen molar-refractivity contribution in [1.82, 2.24) is 9.77 Å². The summed E-state index contributed by atoms with van der Waals surface area (Å²) >= 11 is -4.94. The predicted octanol–water partition coefficient (Wildman–Crippen LogP) is -0.495. The first-order valence-electron chi connectivity index (χ1n) is 4.20. The third-order valence-electron chi connectivity index (χ3n) is 1.54. The van der Waals surface area contributed by atoms with Crippen LogP contribution in [0.3, 0.4) is 0 Å². The Hall–Kier alpha value is -1.37. The molecule has 0 aliphatic carbocycles. The highest BCUT2D eigenvalue weighted by atomic mass is 32.2. The van der Waals surface area contributed by atoms with Gasteiger partial charge in [-0.25, -0.2) is 13.2 Å². The van der Waals surface area contributed by atoms with Crippen LogP contribution in [0.5, 0.6) is 5.75 Å². The van der Waals surface area contributed by atoms with Gasteiger partial charge in [0, 0.05) is 0 Å². The highest BCUT2D eigenvalue weighted by Gasteiger charge is 2.15. The zero-order chi connectivity index (χ0) is 13.5. The molecule has 0 saturated carbocycles.